The molecule has 0 saturated heterocycles. The second kappa shape index (κ2) is 11.8. The van der Waals surface area contributed by atoms with E-state index in [0.717, 1.165) is 11.6 Å². The number of phenols is 2. The molecule has 2 N–H and O–H groups in total. The maximum atomic E-state index is 13.6. The maximum absolute atomic E-state index is 13.6. The van der Waals surface area contributed by atoms with Crippen LogP contribution in [0.5, 0.6) is 23.0 Å². The molecule has 0 bridgehead atoms. The van der Waals surface area contributed by atoms with Crippen molar-refractivity contribution in [1.82, 2.24) is 0 Å². The minimum Gasteiger partial charge on any atom is -0.507 e. The van der Waals surface area contributed by atoms with E-state index in [2.05, 4.69) is 5.92 Å². The van der Waals surface area contributed by atoms with Crippen LogP contribution >= 0.6 is 0 Å². The molecule has 9 heteroatoms. The van der Waals surface area contributed by atoms with Gasteiger partial charge in [-0.05, 0) is 44.5 Å². The van der Waals surface area contributed by atoms with Crippen molar-refractivity contribution < 1.29 is 38.4 Å². The van der Waals surface area contributed by atoms with Crippen molar-refractivity contribution in [2.75, 3.05) is 13.7 Å². The maximum Gasteiger partial charge on any atom is 0.312 e. The van der Waals surface area contributed by atoms with E-state index in [1.54, 1.807) is 24.3 Å². The Hall–Kier alpha value is -4.71. The van der Waals surface area contributed by atoms with E-state index in [1.165, 1.54) is 7.11 Å². The zero-order chi connectivity index (χ0) is 27.1. The fourth-order valence-electron chi connectivity index (χ4n) is 3.46. The summed E-state index contributed by atoms with van der Waals surface area (Å²) in [4.78, 5) is 37.8. The van der Waals surface area contributed by atoms with Crippen molar-refractivity contribution in [2.24, 2.45) is 0 Å². The molecule has 192 valence electrons. The van der Waals surface area contributed by atoms with Gasteiger partial charge in [-0.1, -0.05) is 17.6 Å². The summed E-state index contributed by atoms with van der Waals surface area (Å²) in [5.74, 6) is -0.306. The number of terminal acetylenes is 1. The lowest BCUT2D eigenvalue weighted by Crippen LogP contribution is -2.18. The van der Waals surface area contributed by atoms with Crippen LogP contribution in [0.2, 0.25) is 0 Å². The van der Waals surface area contributed by atoms with Gasteiger partial charge in [0, 0.05) is 17.2 Å². The lowest BCUT2D eigenvalue weighted by atomic mass is 10.0. The zero-order valence-corrected chi connectivity index (χ0v) is 20.6. The Kier molecular flexibility index (Phi) is 8.59. The zero-order valence-electron chi connectivity index (χ0n) is 20.6. The van der Waals surface area contributed by atoms with Crippen LogP contribution in [0.4, 0.5) is 0 Å². The highest BCUT2D eigenvalue weighted by Crippen LogP contribution is 2.39. The summed E-state index contributed by atoms with van der Waals surface area (Å²) >= 11 is 0. The van der Waals surface area contributed by atoms with E-state index < -0.39 is 35.3 Å². The van der Waals surface area contributed by atoms with Crippen LogP contribution in [0.25, 0.3) is 22.3 Å². The molecule has 0 spiro atoms. The molecule has 0 saturated carbocycles. The van der Waals surface area contributed by atoms with E-state index in [4.69, 9.17) is 25.1 Å². The molecule has 2 aromatic carbocycles. The van der Waals surface area contributed by atoms with Crippen molar-refractivity contribution in [3.8, 4) is 46.7 Å². The number of hydrogen-bond donors (Lipinski definition) is 2. The summed E-state index contributed by atoms with van der Waals surface area (Å²) in [7, 11) is 1.49. The van der Waals surface area contributed by atoms with Crippen molar-refractivity contribution in [2.45, 2.75) is 33.1 Å². The summed E-state index contributed by atoms with van der Waals surface area (Å²) in [5.41, 5.74) is 0.724. The molecule has 0 aliphatic carbocycles. The predicted molar refractivity (Wildman–Crippen MR) is 136 cm³/mol. The summed E-state index contributed by atoms with van der Waals surface area (Å²) in [6.07, 6.45) is 6.38. The highest BCUT2D eigenvalue weighted by molar-refractivity contribution is 5.92. The molecular formula is C28H26O9. The first-order chi connectivity index (χ1) is 17.7. The summed E-state index contributed by atoms with van der Waals surface area (Å²) in [5, 5.41) is 20.8. The number of phenolic OH excluding ortho intramolecular Hbond substituents is 2. The van der Waals surface area contributed by atoms with Gasteiger partial charge in [0.05, 0.1) is 20.0 Å². The number of carbonyl (C=O) groups is 2. The highest BCUT2D eigenvalue weighted by atomic mass is 16.5. The molecule has 0 aliphatic heterocycles. The largest absolute Gasteiger partial charge is 0.507 e. The molecule has 0 unspecified atom stereocenters. The Morgan fingerprint density at radius 1 is 1.08 bits per heavy atom. The van der Waals surface area contributed by atoms with Crippen LogP contribution in [0.3, 0.4) is 0 Å². The highest BCUT2D eigenvalue weighted by Gasteiger charge is 2.25. The van der Waals surface area contributed by atoms with Gasteiger partial charge in [0.25, 0.3) is 0 Å². The number of aromatic hydroxyl groups is 2. The molecule has 37 heavy (non-hydrogen) atoms. The minimum absolute atomic E-state index is 0.0523. The van der Waals surface area contributed by atoms with Gasteiger partial charge in [-0.3, -0.25) is 14.4 Å². The smallest absolute Gasteiger partial charge is 0.312 e. The lowest BCUT2D eigenvalue weighted by molar-refractivity contribution is -0.145. The normalized spacial score (nSPS) is 10.4. The summed E-state index contributed by atoms with van der Waals surface area (Å²) in [6.45, 7) is 3.52. The molecule has 0 radical (unpaired) electrons. The standard InChI is InChI=1S/C28H26O9/c1-5-14-35-22(31)12-13-23(32)36-28-25(33)24-21(30)15-20(29)19(11-6-16(2)3)27(24)37-26(28)17-7-9-18(34-4)10-8-17/h1,6-10,15,29-30H,11-14H2,2-4H3. The minimum atomic E-state index is -0.901. The number of hydrogen-bond acceptors (Lipinski definition) is 9. The molecule has 0 aliphatic rings. The molecule has 0 atom stereocenters. The first kappa shape index (κ1) is 26.9. The number of rotatable bonds is 9. The van der Waals surface area contributed by atoms with Gasteiger partial charge in [-0.15, -0.1) is 6.42 Å². The van der Waals surface area contributed by atoms with Crippen LogP contribution in [-0.2, 0) is 20.7 Å². The Bertz CT molecular complexity index is 1450. The molecule has 3 rings (SSSR count). The Morgan fingerprint density at radius 3 is 2.38 bits per heavy atom. The summed E-state index contributed by atoms with van der Waals surface area (Å²) < 4.78 is 21.3. The van der Waals surface area contributed by atoms with Crippen LogP contribution < -0.4 is 14.9 Å². The molecule has 0 amide bonds. The average Bonchev–Trinajstić information content (AvgIpc) is 2.87. The molecular weight excluding hydrogens is 480 g/mol. The number of methoxy groups -OCH3 is 1. The molecule has 9 nitrogen and oxygen atoms in total. The third-order valence-corrected chi connectivity index (χ3v) is 5.32. The van der Waals surface area contributed by atoms with Gasteiger partial charge < -0.3 is 28.8 Å². The topological polar surface area (TPSA) is 133 Å². The Balaban J connectivity index is 2.16. The third-order valence-electron chi connectivity index (χ3n) is 5.32. The fraction of sp³-hybridized carbons (Fsp3) is 0.250. The van der Waals surface area contributed by atoms with E-state index in [9.17, 15) is 24.6 Å². The van der Waals surface area contributed by atoms with Crippen molar-refractivity contribution >= 4 is 22.9 Å². The van der Waals surface area contributed by atoms with Crippen molar-refractivity contribution in [3.63, 3.8) is 0 Å². The number of benzene rings is 2. The van der Waals surface area contributed by atoms with Gasteiger partial charge in [0.1, 0.15) is 28.2 Å². The number of allylic oxidation sites excluding steroid dienone is 2. The quantitative estimate of drug-likeness (QED) is 0.248. The SMILES string of the molecule is C#CCOC(=O)CCC(=O)Oc1c(-c2ccc(OC)cc2)oc2c(CC=C(C)C)c(O)cc(O)c2c1=O. The monoisotopic (exact) mass is 506 g/mol. The molecule has 0 fully saturated rings. The molecule has 3 aromatic rings. The van der Waals surface area contributed by atoms with Gasteiger partial charge in [0.15, 0.2) is 12.4 Å². The van der Waals surface area contributed by atoms with Crippen molar-refractivity contribution in [1.29, 1.82) is 0 Å². The van der Waals surface area contributed by atoms with Gasteiger partial charge in [0.2, 0.25) is 11.2 Å². The van der Waals surface area contributed by atoms with Crippen LogP contribution in [0.15, 0.2) is 51.2 Å². The Labute approximate surface area is 212 Å². The second-order valence-electron chi connectivity index (χ2n) is 8.24. The fourth-order valence-corrected chi connectivity index (χ4v) is 3.46. The van der Waals surface area contributed by atoms with E-state index in [0.29, 0.717) is 11.3 Å². The number of carbonyl (C=O) groups excluding carboxylic acids is 2. The van der Waals surface area contributed by atoms with Crippen LogP contribution in [0, 0.1) is 12.3 Å². The van der Waals surface area contributed by atoms with E-state index >= 15 is 0 Å². The van der Waals surface area contributed by atoms with Gasteiger partial charge in [-0.2, -0.15) is 0 Å². The summed E-state index contributed by atoms with van der Waals surface area (Å²) in [6, 6.07) is 7.46. The van der Waals surface area contributed by atoms with Crippen molar-refractivity contribution in [3.05, 3.63) is 57.8 Å². The first-order valence-corrected chi connectivity index (χ1v) is 11.3. The average molecular weight is 507 g/mol. The molecule has 1 heterocycles. The third kappa shape index (κ3) is 6.30. The molecule has 1 aromatic heterocycles. The van der Waals surface area contributed by atoms with E-state index in [-0.39, 0.29) is 47.5 Å². The number of ether oxygens (including phenoxy) is 3. The number of esters is 2. The van der Waals surface area contributed by atoms with Crippen LogP contribution in [-0.4, -0.2) is 35.9 Å². The second-order valence-corrected chi connectivity index (χ2v) is 8.24. The first-order valence-electron chi connectivity index (χ1n) is 11.3. The predicted octanol–water partition coefficient (Wildman–Crippen LogP) is 4.25. The van der Waals surface area contributed by atoms with E-state index in [1.807, 2.05) is 19.9 Å². The lowest BCUT2D eigenvalue weighted by Gasteiger charge is -2.14. The van der Waals surface area contributed by atoms with Gasteiger partial charge >= 0.3 is 11.9 Å². The Morgan fingerprint density at radius 2 is 1.76 bits per heavy atom. The van der Waals surface area contributed by atoms with Gasteiger partial charge in [-0.25, -0.2) is 0 Å². The number of fused-ring (bicyclic) bond motifs is 1. The van der Waals surface area contributed by atoms with Crippen LogP contribution in [0.1, 0.15) is 32.3 Å².